The quantitative estimate of drug-likeness (QED) is 0.685. The van der Waals surface area contributed by atoms with E-state index in [4.69, 9.17) is 23.2 Å². The summed E-state index contributed by atoms with van der Waals surface area (Å²) in [5, 5.41) is 4.12. The van der Waals surface area contributed by atoms with Gasteiger partial charge in [-0.1, -0.05) is 48.3 Å². The van der Waals surface area contributed by atoms with E-state index in [1.807, 2.05) is 36.4 Å². The van der Waals surface area contributed by atoms with Gasteiger partial charge in [0.25, 0.3) is 0 Å². The number of carbonyl (C=O) groups excluding carboxylic acids is 2. The SMILES string of the molecule is CC1CCC2(CC1)NC(=O)C(c1cc(-c3ccc(Cl)cc3)ccc1Cl)C2=O. The lowest BCUT2D eigenvalue weighted by molar-refractivity contribution is -0.126. The summed E-state index contributed by atoms with van der Waals surface area (Å²) in [6, 6.07) is 13.0. The number of amides is 1. The fraction of sp³-hybridized carbons (Fsp3) is 0.364. The van der Waals surface area contributed by atoms with E-state index in [1.54, 1.807) is 6.07 Å². The van der Waals surface area contributed by atoms with Gasteiger partial charge in [-0.25, -0.2) is 0 Å². The highest BCUT2D eigenvalue weighted by Gasteiger charge is 2.54. The van der Waals surface area contributed by atoms with Crippen molar-refractivity contribution in [3.05, 3.63) is 58.1 Å². The van der Waals surface area contributed by atoms with Gasteiger partial charge in [0.15, 0.2) is 5.78 Å². The molecule has 1 atom stereocenters. The number of carbonyl (C=O) groups is 2. The van der Waals surface area contributed by atoms with Gasteiger partial charge in [-0.05, 0) is 72.6 Å². The van der Waals surface area contributed by atoms with E-state index in [2.05, 4.69) is 12.2 Å². The van der Waals surface area contributed by atoms with Crippen molar-refractivity contribution in [1.82, 2.24) is 5.32 Å². The lowest BCUT2D eigenvalue weighted by atomic mass is 9.73. The number of rotatable bonds is 2. The minimum Gasteiger partial charge on any atom is -0.343 e. The summed E-state index contributed by atoms with van der Waals surface area (Å²) >= 11 is 12.4. The zero-order valence-electron chi connectivity index (χ0n) is 15.1. The Kier molecular flexibility index (Phi) is 4.77. The Hall–Kier alpha value is -1.84. The number of benzene rings is 2. The van der Waals surface area contributed by atoms with E-state index in [-0.39, 0.29) is 11.7 Å². The maximum absolute atomic E-state index is 13.3. The van der Waals surface area contributed by atoms with Crippen LogP contribution >= 0.6 is 23.2 Å². The Morgan fingerprint density at radius 1 is 0.963 bits per heavy atom. The van der Waals surface area contributed by atoms with Crippen molar-refractivity contribution in [2.75, 3.05) is 0 Å². The first kappa shape index (κ1) is 18.5. The molecule has 4 rings (SSSR count). The van der Waals surface area contributed by atoms with Gasteiger partial charge >= 0.3 is 0 Å². The number of hydrogen-bond acceptors (Lipinski definition) is 2. The molecule has 1 aliphatic carbocycles. The number of nitrogens with one attached hydrogen (secondary N) is 1. The molecule has 1 unspecified atom stereocenters. The molecule has 27 heavy (non-hydrogen) atoms. The van der Waals surface area contributed by atoms with E-state index in [1.165, 1.54) is 0 Å². The number of halogens is 2. The van der Waals surface area contributed by atoms with E-state index in [9.17, 15) is 9.59 Å². The van der Waals surface area contributed by atoms with Crippen LogP contribution in [0.1, 0.15) is 44.1 Å². The predicted molar refractivity (Wildman–Crippen MR) is 108 cm³/mol. The molecule has 1 amide bonds. The number of ketones is 1. The van der Waals surface area contributed by atoms with Crippen LogP contribution in [0.15, 0.2) is 42.5 Å². The first-order valence-electron chi connectivity index (χ1n) is 9.31. The molecule has 0 bridgehead atoms. The van der Waals surface area contributed by atoms with Gasteiger partial charge in [-0.2, -0.15) is 0 Å². The van der Waals surface area contributed by atoms with Gasteiger partial charge in [0.05, 0.1) is 5.54 Å². The fourth-order valence-electron chi connectivity index (χ4n) is 4.26. The van der Waals surface area contributed by atoms with Crippen molar-refractivity contribution in [1.29, 1.82) is 0 Å². The molecule has 1 saturated heterocycles. The normalized spacial score (nSPS) is 27.8. The minimum atomic E-state index is -0.835. The van der Waals surface area contributed by atoms with Crippen LogP contribution in [-0.4, -0.2) is 17.2 Å². The van der Waals surface area contributed by atoms with Gasteiger partial charge in [0, 0.05) is 10.0 Å². The van der Waals surface area contributed by atoms with Crippen LogP contribution in [0, 0.1) is 5.92 Å². The molecule has 1 aliphatic heterocycles. The van der Waals surface area contributed by atoms with Gasteiger partial charge in [-0.15, -0.1) is 0 Å². The molecular formula is C22H21Cl2NO2. The van der Waals surface area contributed by atoms with Gasteiger partial charge in [-0.3, -0.25) is 9.59 Å². The molecule has 140 valence electrons. The first-order valence-corrected chi connectivity index (χ1v) is 10.1. The molecule has 3 nitrogen and oxygen atoms in total. The molecule has 2 aromatic rings. The fourth-order valence-corrected chi connectivity index (χ4v) is 4.61. The van der Waals surface area contributed by atoms with Gasteiger partial charge in [0.2, 0.25) is 5.91 Å². The van der Waals surface area contributed by atoms with Crippen LogP contribution in [0.5, 0.6) is 0 Å². The highest BCUT2D eigenvalue weighted by molar-refractivity contribution is 6.33. The van der Waals surface area contributed by atoms with Crippen molar-refractivity contribution in [3.8, 4) is 11.1 Å². The molecule has 2 fully saturated rings. The molecule has 1 saturated carbocycles. The van der Waals surface area contributed by atoms with Crippen molar-refractivity contribution in [2.24, 2.45) is 5.92 Å². The average Bonchev–Trinajstić information content (AvgIpc) is 2.89. The van der Waals surface area contributed by atoms with Crippen LogP contribution in [-0.2, 0) is 9.59 Å². The maximum Gasteiger partial charge on any atom is 0.236 e. The minimum absolute atomic E-state index is 0.0328. The van der Waals surface area contributed by atoms with E-state index in [0.29, 0.717) is 34.4 Å². The summed E-state index contributed by atoms with van der Waals surface area (Å²) in [6.45, 7) is 2.19. The molecule has 0 aromatic heterocycles. The predicted octanol–water partition coefficient (Wildman–Crippen LogP) is 5.39. The summed E-state index contributed by atoms with van der Waals surface area (Å²) in [5.41, 5.74) is 1.74. The van der Waals surface area contributed by atoms with Crippen molar-refractivity contribution < 1.29 is 9.59 Å². The van der Waals surface area contributed by atoms with Crippen LogP contribution in [0.4, 0.5) is 0 Å². The van der Waals surface area contributed by atoms with Crippen molar-refractivity contribution >= 4 is 34.9 Å². The third-order valence-corrected chi connectivity index (χ3v) is 6.57. The second kappa shape index (κ2) is 6.96. The molecule has 0 radical (unpaired) electrons. The highest BCUT2D eigenvalue weighted by atomic mass is 35.5. The summed E-state index contributed by atoms with van der Waals surface area (Å²) in [5.74, 6) is -0.506. The van der Waals surface area contributed by atoms with Crippen LogP contribution in [0.2, 0.25) is 10.0 Å². The Balaban J connectivity index is 1.70. The topological polar surface area (TPSA) is 46.2 Å². The Morgan fingerprint density at radius 3 is 2.26 bits per heavy atom. The van der Waals surface area contributed by atoms with E-state index >= 15 is 0 Å². The summed E-state index contributed by atoms with van der Waals surface area (Å²) < 4.78 is 0. The average molecular weight is 402 g/mol. The molecule has 1 N–H and O–H groups in total. The maximum atomic E-state index is 13.3. The largest absolute Gasteiger partial charge is 0.343 e. The van der Waals surface area contributed by atoms with Crippen LogP contribution < -0.4 is 5.32 Å². The lowest BCUT2D eigenvalue weighted by Gasteiger charge is -2.34. The molecule has 2 aliphatic rings. The van der Waals surface area contributed by atoms with Gasteiger partial charge in [0.1, 0.15) is 5.92 Å². The first-order chi connectivity index (χ1) is 12.9. The third-order valence-electron chi connectivity index (χ3n) is 5.97. The molecular weight excluding hydrogens is 381 g/mol. The van der Waals surface area contributed by atoms with Crippen LogP contribution in [0.25, 0.3) is 11.1 Å². The second-order valence-corrected chi connectivity index (χ2v) is 8.64. The summed E-state index contributed by atoms with van der Waals surface area (Å²) in [4.78, 5) is 26.1. The van der Waals surface area contributed by atoms with Gasteiger partial charge < -0.3 is 5.32 Å². The summed E-state index contributed by atoms with van der Waals surface area (Å²) in [7, 11) is 0. The Labute approximate surface area is 169 Å². The molecule has 2 aromatic carbocycles. The highest BCUT2D eigenvalue weighted by Crippen LogP contribution is 2.42. The molecule has 1 spiro atoms. The molecule has 1 heterocycles. The van der Waals surface area contributed by atoms with Crippen molar-refractivity contribution in [3.63, 3.8) is 0 Å². The zero-order valence-corrected chi connectivity index (χ0v) is 16.6. The molecule has 5 heteroatoms. The number of hydrogen-bond donors (Lipinski definition) is 1. The summed E-state index contributed by atoms with van der Waals surface area (Å²) in [6.07, 6.45) is 3.34. The standard InChI is InChI=1S/C22H21Cl2NO2/c1-13-8-10-22(11-9-13)20(26)19(21(27)25-22)17-12-15(4-7-18(17)24)14-2-5-16(23)6-3-14/h2-7,12-13,19H,8-11H2,1H3,(H,25,27). The van der Waals surface area contributed by atoms with Crippen molar-refractivity contribution in [2.45, 2.75) is 44.1 Å². The number of Topliss-reactive ketones (excluding diaryl/α,β-unsaturated/α-hetero) is 1. The Bertz CT molecular complexity index is 899. The smallest absolute Gasteiger partial charge is 0.236 e. The second-order valence-electron chi connectivity index (χ2n) is 7.79. The van der Waals surface area contributed by atoms with E-state index in [0.717, 1.165) is 24.0 Å². The van der Waals surface area contributed by atoms with E-state index < -0.39 is 11.5 Å². The third kappa shape index (κ3) is 3.28. The lowest BCUT2D eigenvalue weighted by Crippen LogP contribution is -2.48. The monoisotopic (exact) mass is 401 g/mol. The Morgan fingerprint density at radius 2 is 1.59 bits per heavy atom. The van der Waals surface area contributed by atoms with Crippen LogP contribution in [0.3, 0.4) is 0 Å². The zero-order chi connectivity index (χ0) is 19.2.